The van der Waals surface area contributed by atoms with Gasteiger partial charge in [-0.15, -0.1) is 0 Å². The van der Waals surface area contributed by atoms with Gasteiger partial charge in [0.2, 0.25) is 20.8 Å². The first-order chi connectivity index (χ1) is 40.0. The number of halogens is 1. The molecule has 0 saturated carbocycles. The Morgan fingerprint density at radius 3 is 1.10 bits per heavy atom. The Labute approximate surface area is 568 Å². The summed E-state index contributed by atoms with van der Waals surface area (Å²) in [6.45, 7) is 4.41. The van der Waals surface area contributed by atoms with Crippen molar-refractivity contribution in [2.75, 3.05) is 90.7 Å². The van der Waals surface area contributed by atoms with Crippen LogP contribution >= 0.6 is 10.7 Å². The van der Waals surface area contributed by atoms with Crippen LogP contribution in [-0.2, 0) is 71.4 Å². The number of ether oxygens (including phenoxy) is 11. The number of hydrogen-bond acceptors (Lipinski definition) is 28. The molecule has 0 saturated heterocycles. The number of aliphatic hydroxyl groups excluding tert-OH is 1. The molecule has 2 heterocycles. The van der Waals surface area contributed by atoms with Crippen LogP contribution in [-0.4, -0.2) is 186 Å². The molecule has 6 radical (unpaired) electrons. The molecule has 2 aromatic heterocycles. The van der Waals surface area contributed by atoms with Crippen LogP contribution in [0.15, 0.2) is 78.9 Å². The van der Waals surface area contributed by atoms with Gasteiger partial charge in [-0.25, -0.2) is 51.9 Å². The molecule has 0 atom stereocenters. The first-order valence-electron chi connectivity index (χ1n) is 22.8. The Balaban J connectivity index is -0.000000184. The van der Waals surface area contributed by atoms with Gasteiger partial charge in [-0.05, 0) is 83.4 Å². The second-order valence-electron chi connectivity index (χ2n) is 15.2. The number of nitrogens with zero attached hydrogens (tertiary/aromatic N) is 4. The van der Waals surface area contributed by atoms with Crippen molar-refractivity contribution < 1.29 is 170 Å². The number of nitriles is 1. The van der Waals surface area contributed by atoms with Gasteiger partial charge in [0.25, 0.3) is 10.1 Å². The number of carboxylic acid groups (broad SMARTS) is 1. The molecule has 0 bridgehead atoms. The Bertz CT molecular complexity index is 3320. The monoisotopic (exact) mass is 1330 g/mol. The molecule has 2 N–H and O–H groups in total. The average molecular weight is 1330 g/mol. The number of aromatic carboxylic acids is 1. The SMILES string of the molecule is C.COC(=O)c1cc(CC#N)cc(OC)n1.COC(=O)c1cc(CO)cc(OC)c1.COC(=O)c1cc(COS(C)(=O)=O)cc(OC)n1.COC(=O)c1cc(OC)cc(C(=O)O)c1.COC(=O)c1cc(OC)cc(C(=O)OC)c1.CS(=O)(=O)Cl.[2HH].[B].[B].[C-]#N.[K+]. The van der Waals surface area contributed by atoms with Crippen LogP contribution in [0.3, 0.4) is 0 Å². The number of aliphatic hydroxyl groups is 1. The topological polar surface area (TPSA) is 412 Å². The van der Waals surface area contributed by atoms with Gasteiger partial charge in [-0.3, -0.25) is 4.18 Å². The maximum Gasteiger partial charge on any atom is 1.00 e. The van der Waals surface area contributed by atoms with Crippen LogP contribution in [0.4, 0.5) is 0 Å². The Morgan fingerprint density at radius 2 is 0.809 bits per heavy atom. The van der Waals surface area contributed by atoms with Gasteiger partial charge in [-0.2, -0.15) is 13.7 Å². The normalized spacial score (nSPS) is 9.26. The predicted octanol–water partition coefficient (Wildman–Crippen LogP) is 2.12. The summed E-state index contributed by atoms with van der Waals surface area (Å²) in [5.41, 5.74) is 2.86. The fraction of sp³-hybridized carbons (Fsp3) is 0.315. The Morgan fingerprint density at radius 1 is 0.506 bits per heavy atom. The average Bonchev–Trinajstić information content (AvgIpc) is 1.60. The van der Waals surface area contributed by atoms with E-state index in [1.807, 2.05) is 6.07 Å². The molecule has 478 valence electrons. The van der Waals surface area contributed by atoms with Gasteiger partial charge in [-0.1, -0.05) is 7.43 Å². The van der Waals surface area contributed by atoms with Crippen LogP contribution < -0.4 is 75.1 Å². The van der Waals surface area contributed by atoms with Crippen molar-refractivity contribution in [3.05, 3.63) is 141 Å². The molecule has 0 fully saturated rings. The number of hydrogen-bond donors (Lipinski definition) is 2. The maximum absolute atomic E-state index is 11.3. The summed E-state index contributed by atoms with van der Waals surface area (Å²) in [6, 6.07) is 21.1. The van der Waals surface area contributed by atoms with Crippen molar-refractivity contribution in [2.45, 2.75) is 27.1 Å². The van der Waals surface area contributed by atoms with E-state index >= 15 is 0 Å². The number of carbonyl (C=O) groups is 7. The minimum atomic E-state index is -3.56. The van der Waals surface area contributed by atoms with Crippen LogP contribution in [0, 0.1) is 23.2 Å². The van der Waals surface area contributed by atoms with E-state index in [1.54, 1.807) is 24.3 Å². The molecule has 0 aliphatic carbocycles. The number of carbonyl (C=O) groups excluding carboxylic acids is 6. The first-order valence-corrected chi connectivity index (χ1v) is 27.3. The van der Waals surface area contributed by atoms with E-state index in [1.165, 1.54) is 133 Å². The third kappa shape index (κ3) is 38.2. The Hall–Kier alpha value is -7.89. The number of aromatic nitrogens is 2. The molecule has 0 aliphatic heterocycles. The largest absolute Gasteiger partial charge is 1.00 e. The Kier molecular flexibility index (Phi) is 50.8. The summed E-state index contributed by atoms with van der Waals surface area (Å²) in [4.78, 5) is 86.0. The number of benzene rings is 3. The fourth-order valence-electron chi connectivity index (χ4n) is 5.57. The summed E-state index contributed by atoms with van der Waals surface area (Å²) in [6.07, 6.45) is 2.06. The van der Waals surface area contributed by atoms with Crippen molar-refractivity contribution in [3.8, 4) is 35.1 Å². The van der Waals surface area contributed by atoms with E-state index in [0.29, 0.717) is 45.4 Å². The molecule has 0 unspecified atom stereocenters. The fourth-order valence-corrected chi connectivity index (χ4v) is 5.92. The molecular weight excluding hydrogens is 1260 g/mol. The van der Waals surface area contributed by atoms with E-state index in [4.69, 9.17) is 51.0 Å². The number of methoxy groups -OCH3 is 11. The van der Waals surface area contributed by atoms with Gasteiger partial charge in [0, 0.05) is 41.1 Å². The van der Waals surface area contributed by atoms with Crippen molar-refractivity contribution in [2.24, 2.45) is 0 Å². The second kappa shape index (κ2) is 49.0. The van der Waals surface area contributed by atoms with Gasteiger partial charge >= 0.3 is 93.2 Å². The van der Waals surface area contributed by atoms with Crippen molar-refractivity contribution in [1.82, 2.24) is 9.97 Å². The van der Waals surface area contributed by atoms with Gasteiger partial charge in [0.1, 0.15) is 17.2 Å². The third-order valence-corrected chi connectivity index (χ3v) is 9.80. The first kappa shape index (κ1) is 92.3. The van der Waals surface area contributed by atoms with E-state index in [2.05, 4.69) is 53.3 Å². The van der Waals surface area contributed by atoms with Crippen LogP contribution in [0.1, 0.15) is 98.3 Å². The molecule has 89 heavy (non-hydrogen) atoms. The van der Waals surface area contributed by atoms with E-state index in [-0.39, 0.29) is 136 Å². The molecule has 35 heteroatoms. The molecular formula is C54H66B2ClKN4O25S2. The van der Waals surface area contributed by atoms with E-state index in [0.717, 1.165) is 12.5 Å². The minimum absolute atomic E-state index is 0. The van der Waals surface area contributed by atoms with E-state index < -0.39 is 61.0 Å². The number of rotatable bonds is 17. The van der Waals surface area contributed by atoms with E-state index in [9.17, 15) is 50.4 Å². The zero-order chi connectivity index (χ0) is 65.6. The van der Waals surface area contributed by atoms with Crippen molar-refractivity contribution >= 4 is 88.5 Å². The second-order valence-corrected chi connectivity index (χ2v) is 19.9. The van der Waals surface area contributed by atoms with Crippen molar-refractivity contribution in [3.63, 3.8) is 0 Å². The molecule has 0 amide bonds. The summed E-state index contributed by atoms with van der Waals surface area (Å²) >= 11 is 0. The maximum atomic E-state index is 11.3. The van der Waals surface area contributed by atoms with Crippen LogP contribution in [0.2, 0.25) is 0 Å². The number of carboxylic acids is 1. The smallest absolute Gasteiger partial charge is 0.512 e. The van der Waals surface area contributed by atoms with Gasteiger partial charge in [0.15, 0.2) is 11.4 Å². The molecule has 0 aliphatic rings. The van der Waals surface area contributed by atoms with Crippen LogP contribution in [0.25, 0.3) is 0 Å². The summed E-state index contributed by atoms with van der Waals surface area (Å²) in [5, 5.41) is 32.5. The third-order valence-electron chi connectivity index (χ3n) is 9.25. The zero-order valence-corrected chi connectivity index (χ0v) is 55.6. The molecule has 0 spiro atoms. The van der Waals surface area contributed by atoms with Crippen LogP contribution in [0.5, 0.6) is 29.0 Å². The number of esters is 6. The number of pyridine rings is 2. The molecule has 5 aromatic rings. The summed E-state index contributed by atoms with van der Waals surface area (Å²) in [7, 11) is 12.5. The van der Waals surface area contributed by atoms with Gasteiger partial charge < -0.3 is 74.2 Å². The quantitative estimate of drug-likeness (QED) is 0.0336. The predicted molar refractivity (Wildman–Crippen MR) is 316 cm³/mol. The summed E-state index contributed by atoms with van der Waals surface area (Å²) in [5.74, 6) is -2.76. The molecule has 3 aromatic carbocycles. The minimum Gasteiger partial charge on any atom is -0.512 e. The molecule has 29 nitrogen and oxygen atoms in total. The van der Waals surface area contributed by atoms with Crippen molar-refractivity contribution in [1.29, 1.82) is 10.5 Å². The summed E-state index contributed by atoms with van der Waals surface area (Å²) < 4.78 is 97.0. The molecule has 5 rings (SSSR count). The van der Waals surface area contributed by atoms with Gasteiger partial charge in [0.05, 0.1) is 144 Å². The zero-order valence-electron chi connectivity index (χ0n) is 50.0. The standard InChI is InChI=1S/C11H12O5.C10H10N2O3.C10H13NO6S.C10H10O5.C10H12O4.CH3ClO2S.CN.CH4.2B.K.H2/c1-14-9-5-7(10(12)15-2)4-8(6-9)11(13)16-3;1-14-9-6-7(3-4-11)5-8(12-9)10(13)15-2;1-15-9-5-7(6-17-18(3,13)14)4-8(11-9)10(12)16-2;1-14-8-4-6(9(11)12)3-7(5-8)10(13)15-2;1-13-9-4-7(6-11)3-8(5-9)10(12)14-2;1-5(2,3)4;1-2;;;;;/h4-6H,1-3H3;5-6H,3H2,1-2H3;4-5H,6H2,1-3H3;3-5H,1-2H3,(H,11,12);3-5,11H,6H2,1-2H3;1H3;;1H4;;;;1H/q;;;;;;-1;;;;+1;/i;;;;;;;;;;;1+1.